The summed E-state index contributed by atoms with van der Waals surface area (Å²) >= 11 is 1.57. The molecule has 0 aliphatic heterocycles. The first-order valence-electron chi connectivity index (χ1n) is 10.9. The number of hydrogen-bond donors (Lipinski definition) is 1. The topological polar surface area (TPSA) is 55.4 Å². The SMILES string of the molecule is CCC(C)(C)[C@H]1CCc2c(sc(NC(=O)[C@@H]3C[C@@H]3c3ccccc3)c2C(=O)OC)C1. The number of carbonyl (C=O) groups excluding carboxylic acids is 2. The van der Waals surface area contributed by atoms with E-state index in [0.717, 1.165) is 37.7 Å². The van der Waals surface area contributed by atoms with Gasteiger partial charge in [0.1, 0.15) is 5.00 Å². The molecule has 4 nitrogen and oxygen atoms in total. The Bertz CT molecular complexity index is 947. The molecule has 30 heavy (non-hydrogen) atoms. The normalized spacial score (nSPS) is 22.9. The van der Waals surface area contributed by atoms with Crippen molar-refractivity contribution in [2.45, 2.75) is 58.8 Å². The van der Waals surface area contributed by atoms with Gasteiger partial charge in [0.2, 0.25) is 5.91 Å². The van der Waals surface area contributed by atoms with Crippen molar-refractivity contribution < 1.29 is 14.3 Å². The predicted octanol–water partition coefficient (Wildman–Crippen LogP) is 5.82. The fourth-order valence-corrected chi connectivity index (χ4v) is 6.02. The molecule has 0 unspecified atom stereocenters. The van der Waals surface area contributed by atoms with Gasteiger partial charge < -0.3 is 10.1 Å². The number of benzene rings is 1. The maximum Gasteiger partial charge on any atom is 0.341 e. The molecule has 160 valence electrons. The number of anilines is 1. The van der Waals surface area contributed by atoms with E-state index in [2.05, 4.69) is 38.2 Å². The van der Waals surface area contributed by atoms with Gasteiger partial charge in [-0.15, -0.1) is 11.3 Å². The molecule has 3 atom stereocenters. The fraction of sp³-hybridized carbons (Fsp3) is 0.520. The summed E-state index contributed by atoms with van der Waals surface area (Å²) in [4.78, 5) is 26.8. The van der Waals surface area contributed by atoms with Crippen LogP contribution in [0.3, 0.4) is 0 Å². The maximum absolute atomic E-state index is 12.9. The van der Waals surface area contributed by atoms with E-state index in [0.29, 0.717) is 16.5 Å². The quantitative estimate of drug-likeness (QED) is 0.594. The lowest BCUT2D eigenvalue weighted by atomic mass is 9.69. The fourth-order valence-electron chi connectivity index (χ4n) is 4.71. The first kappa shape index (κ1) is 21.1. The number of esters is 1. The Balaban J connectivity index is 1.55. The minimum Gasteiger partial charge on any atom is -0.465 e. The highest BCUT2D eigenvalue weighted by atomic mass is 32.1. The van der Waals surface area contributed by atoms with Crippen molar-refractivity contribution in [2.24, 2.45) is 17.3 Å². The van der Waals surface area contributed by atoms with E-state index < -0.39 is 0 Å². The molecule has 1 aromatic heterocycles. The molecule has 0 radical (unpaired) electrons. The van der Waals surface area contributed by atoms with Crippen LogP contribution in [-0.4, -0.2) is 19.0 Å². The zero-order valence-corrected chi connectivity index (χ0v) is 19.1. The number of amides is 1. The second-order valence-electron chi connectivity index (χ2n) is 9.33. The van der Waals surface area contributed by atoms with Crippen molar-refractivity contribution in [1.82, 2.24) is 0 Å². The summed E-state index contributed by atoms with van der Waals surface area (Å²) in [6.07, 6.45) is 4.91. The van der Waals surface area contributed by atoms with Crippen LogP contribution in [0, 0.1) is 17.3 Å². The van der Waals surface area contributed by atoms with E-state index >= 15 is 0 Å². The van der Waals surface area contributed by atoms with Gasteiger partial charge in [-0.05, 0) is 54.1 Å². The molecule has 1 amide bonds. The van der Waals surface area contributed by atoms with Gasteiger partial charge in [0.25, 0.3) is 0 Å². The van der Waals surface area contributed by atoms with Crippen LogP contribution in [0.15, 0.2) is 30.3 Å². The summed E-state index contributed by atoms with van der Waals surface area (Å²) in [5.74, 6) is 0.513. The molecule has 2 aliphatic rings. The lowest BCUT2D eigenvalue weighted by Crippen LogP contribution is -2.28. The molecule has 2 aromatic rings. The van der Waals surface area contributed by atoms with Crippen molar-refractivity contribution in [3.63, 3.8) is 0 Å². The standard InChI is InChI=1S/C25H31NO3S/c1-5-25(2,3)16-11-12-17-20(13-16)30-23(21(17)24(28)29-4)26-22(27)19-14-18(19)15-9-7-6-8-10-15/h6-10,16,18-19H,5,11-14H2,1-4H3,(H,26,27)/t16-,18+,19+/m0/s1. The third-order valence-electron chi connectivity index (χ3n) is 7.26. The van der Waals surface area contributed by atoms with Gasteiger partial charge in [0.05, 0.1) is 12.7 Å². The summed E-state index contributed by atoms with van der Waals surface area (Å²) in [6.45, 7) is 6.90. The Morgan fingerprint density at radius 2 is 1.97 bits per heavy atom. The molecule has 1 fully saturated rings. The summed E-state index contributed by atoms with van der Waals surface area (Å²) in [6, 6.07) is 10.2. The summed E-state index contributed by atoms with van der Waals surface area (Å²) in [5.41, 5.74) is 3.14. The Kier molecular flexibility index (Phi) is 5.75. The first-order valence-corrected chi connectivity index (χ1v) is 11.8. The van der Waals surface area contributed by atoms with Gasteiger partial charge in [0.15, 0.2) is 0 Å². The van der Waals surface area contributed by atoms with Crippen molar-refractivity contribution in [3.8, 4) is 0 Å². The van der Waals surface area contributed by atoms with Crippen molar-refractivity contribution >= 4 is 28.2 Å². The summed E-state index contributed by atoms with van der Waals surface area (Å²) < 4.78 is 5.08. The van der Waals surface area contributed by atoms with Gasteiger partial charge in [-0.1, -0.05) is 57.5 Å². The molecule has 4 rings (SSSR count). The number of thiophene rings is 1. The average Bonchev–Trinajstić information content (AvgIpc) is 3.49. The highest BCUT2D eigenvalue weighted by Gasteiger charge is 2.44. The van der Waals surface area contributed by atoms with Crippen LogP contribution in [0.2, 0.25) is 0 Å². The molecule has 0 spiro atoms. The van der Waals surface area contributed by atoms with E-state index in [9.17, 15) is 9.59 Å². The Morgan fingerprint density at radius 3 is 2.63 bits per heavy atom. The van der Waals surface area contributed by atoms with Crippen molar-refractivity contribution in [1.29, 1.82) is 0 Å². The molecule has 2 aliphatic carbocycles. The van der Waals surface area contributed by atoms with Crippen molar-refractivity contribution in [2.75, 3.05) is 12.4 Å². The molecular formula is C25H31NO3S. The first-order chi connectivity index (χ1) is 14.4. The van der Waals surface area contributed by atoms with Crippen molar-refractivity contribution in [3.05, 3.63) is 51.9 Å². The van der Waals surface area contributed by atoms with Crippen LogP contribution in [0.5, 0.6) is 0 Å². The highest BCUT2D eigenvalue weighted by molar-refractivity contribution is 7.17. The predicted molar refractivity (Wildman–Crippen MR) is 121 cm³/mol. The molecule has 1 saturated carbocycles. The third-order valence-corrected chi connectivity index (χ3v) is 8.43. The molecular weight excluding hydrogens is 394 g/mol. The van der Waals surface area contributed by atoms with Crippen LogP contribution in [0.4, 0.5) is 5.00 Å². The van der Waals surface area contributed by atoms with Crippen LogP contribution >= 0.6 is 11.3 Å². The number of ether oxygens (including phenoxy) is 1. The number of methoxy groups -OCH3 is 1. The third kappa shape index (κ3) is 3.92. The van der Waals surface area contributed by atoms with Gasteiger partial charge in [-0.3, -0.25) is 4.79 Å². The Morgan fingerprint density at radius 1 is 1.23 bits per heavy atom. The minimum atomic E-state index is -0.341. The summed E-state index contributed by atoms with van der Waals surface area (Å²) in [7, 11) is 1.41. The molecule has 0 saturated heterocycles. The van der Waals surface area contributed by atoms with Gasteiger partial charge >= 0.3 is 5.97 Å². The maximum atomic E-state index is 12.9. The van der Waals surface area contributed by atoms with Crippen LogP contribution < -0.4 is 5.32 Å². The summed E-state index contributed by atoms with van der Waals surface area (Å²) in [5, 5.41) is 3.76. The number of hydrogen-bond acceptors (Lipinski definition) is 4. The lowest BCUT2D eigenvalue weighted by Gasteiger charge is -2.36. The van der Waals surface area contributed by atoms with E-state index in [-0.39, 0.29) is 29.1 Å². The van der Waals surface area contributed by atoms with E-state index in [4.69, 9.17) is 4.74 Å². The number of fused-ring (bicyclic) bond motifs is 1. The molecule has 0 bridgehead atoms. The second-order valence-corrected chi connectivity index (χ2v) is 10.4. The Hall–Kier alpha value is -2.14. The van der Waals surface area contributed by atoms with Gasteiger partial charge in [-0.2, -0.15) is 0 Å². The second kappa shape index (κ2) is 8.18. The lowest BCUT2D eigenvalue weighted by molar-refractivity contribution is -0.117. The molecule has 1 heterocycles. The van der Waals surface area contributed by atoms with Crippen LogP contribution in [0.25, 0.3) is 0 Å². The average molecular weight is 426 g/mol. The minimum absolute atomic E-state index is 0.0121. The molecule has 5 heteroatoms. The smallest absolute Gasteiger partial charge is 0.341 e. The molecule has 1 N–H and O–H groups in total. The van der Waals surface area contributed by atoms with Gasteiger partial charge in [-0.25, -0.2) is 4.79 Å². The van der Waals surface area contributed by atoms with Gasteiger partial charge in [0, 0.05) is 10.8 Å². The van der Waals surface area contributed by atoms with E-state index in [1.54, 1.807) is 11.3 Å². The number of rotatable bonds is 6. The number of carbonyl (C=O) groups is 2. The van der Waals surface area contributed by atoms with E-state index in [1.165, 1.54) is 17.6 Å². The monoisotopic (exact) mass is 425 g/mol. The van der Waals surface area contributed by atoms with E-state index in [1.807, 2.05) is 18.2 Å². The number of nitrogens with one attached hydrogen (secondary N) is 1. The highest BCUT2D eigenvalue weighted by Crippen LogP contribution is 2.49. The molecule has 1 aromatic carbocycles. The zero-order chi connectivity index (χ0) is 21.5. The largest absolute Gasteiger partial charge is 0.465 e. The zero-order valence-electron chi connectivity index (χ0n) is 18.3. The Labute approximate surface area is 183 Å². The van der Waals surface area contributed by atoms with Crippen LogP contribution in [-0.2, 0) is 22.4 Å². The van der Waals surface area contributed by atoms with Crippen LogP contribution in [0.1, 0.15) is 72.3 Å².